The van der Waals surface area contributed by atoms with Crippen molar-refractivity contribution in [3.8, 4) is 0 Å². The minimum atomic E-state index is -3.94. The highest BCUT2D eigenvalue weighted by molar-refractivity contribution is 7.86. The van der Waals surface area contributed by atoms with Crippen LogP contribution in [0.5, 0.6) is 0 Å². The highest BCUT2D eigenvalue weighted by atomic mass is 32.2. The molecule has 17 heavy (non-hydrogen) atoms. The van der Waals surface area contributed by atoms with Gasteiger partial charge < -0.3 is 0 Å². The van der Waals surface area contributed by atoms with E-state index in [1.165, 1.54) is 13.0 Å². The van der Waals surface area contributed by atoms with Gasteiger partial charge in [0.2, 0.25) is 0 Å². The molecule has 94 valence electrons. The molecule has 7 heteroatoms. The summed E-state index contributed by atoms with van der Waals surface area (Å²) in [5, 5.41) is 10.9. The number of rotatable bonds is 3. The Hall–Kier alpha value is -1.47. The molecule has 0 bridgehead atoms. The van der Waals surface area contributed by atoms with Gasteiger partial charge in [0, 0.05) is 11.1 Å². The van der Waals surface area contributed by atoms with Crippen LogP contribution in [0.1, 0.15) is 16.7 Å². The lowest BCUT2D eigenvalue weighted by Crippen LogP contribution is -2.10. The summed E-state index contributed by atoms with van der Waals surface area (Å²) in [5.41, 5.74) is 0.785. The van der Waals surface area contributed by atoms with E-state index in [2.05, 4.69) is 4.18 Å². The maximum atomic E-state index is 11.7. The van der Waals surface area contributed by atoms with Gasteiger partial charge in [-0.05, 0) is 32.4 Å². The van der Waals surface area contributed by atoms with Gasteiger partial charge in [0.25, 0.3) is 15.8 Å². The maximum Gasteiger partial charge on any atom is 0.297 e. The fraction of sp³-hybridized carbons (Fsp3) is 0.400. The number of nitrogens with zero attached hydrogens (tertiary/aromatic N) is 1. The molecule has 0 saturated heterocycles. The van der Waals surface area contributed by atoms with Crippen molar-refractivity contribution in [1.29, 1.82) is 0 Å². The summed E-state index contributed by atoms with van der Waals surface area (Å²) in [6.45, 7) is 4.56. The minimum Gasteiger partial charge on any atom is -0.270 e. The van der Waals surface area contributed by atoms with E-state index in [0.29, 0.717) is 11.1 Å². The smallest absolute Gasteiger partial charge is 0.270 e. The Balaban J connectivity index is 3.76. The fourth-order valence-electron chi connectivity index (χ4n) is 1.91. The Kier molecular flexibility index (Phi) is 3.53. The van der Waals surface area contributed by atoms with E-state index < -0.39 is 15.0 Å². The van der Waals surface area contributed by atoms with Gasteiger partial charge in [-0.1, -0.05) is 0 Å². The predicted molar refractivity (Wildman–Crippen MR) is 61.5 cm³/mol. The molecule has 0 saturated carbocycles. The summed E-state index contributed by atoms with van der Waals surface area (Å²) in [5.74, 6) is 0. The van der Waals surface area contributed by atoms with Crippen molar-refractivity contribution >= 4 is 15.8 Å². The molecule has 0 radical (unpaired) electrons. The second kappa shape index (κ2) is 4.42. The topological polar surface area (TPSA) is 86.5 Å². The summed E-state index contributed by atoms with van der Waals surface area (Å²) in [4.78, 5) is 10.2. The molecular formula is C10H13NO5S. The zero-order chi connectivity index (χ0) is 13.4. The monoisotopic (exact) mass is 259 g/mol. The number of hydrogen-bond acceptors (Lipinski definition) is 5. The molecule has 0 aliphatic carbocycles. The minimum absolute atomic E-state index is 0.106. The van der Waals surface area contributed by atoms with Crippen molar-refractivity contribution in [2.45, 2.75) is 25.7 Å². The summed E-state index contributed by atoms with van der Waals surface area (Å²) in [7, 11) is -2.91. The largest absolute Gasteiger partial charge is 0.297 e. The quantitative estimate of drug-likeness (QED) is 0.469. The Bertz CT molecular complexity index is 577. The van der Waals surface area contributed by atoms with Gasteiger partial charge in [-0.25, -0.2) is 0 Å². The van der Waals surface area contributed by atoms with Gasteiger partial charge >= 0.3 is 0 Å². The van der Waals surface area contributed by atoms with Crippen molar-refractivity contribution in [3.63, 3.8) is 0 Å². The summed E-state index contributed by atoms with van der Waals surface area (Å²) < 4.78 is 27.8. The summed E-state index contributed by atoms with van der Waals surface area (Å²) in [6.07, 6.45) is 0. The Morgan fingerprint density at radius 1 is 1.24 bits per heavy atom. The fourth-order valence-corrected chi connectivity index (χ4v) is 3.00. The van der Waals surface area contributed by atoms with Crippen LogP contribution in [0.3, 0.4) is 0 Å². The standard InChI is InChI=1S/C10H13NO5S/c1-6-5-7(2)10(17(14,15)16-4)8(3)9(6)11(12)13/h5H,1-4H3. The first-order valence-electron chi connectivity index (χ1n) is 4.78. The second-order valence-electron chi connectivity index (χ2n) is 3.69. The third-order valence-electron chi connectivity index (χ3n) is 2.51. The van der Waals surface area contributed by atoms with E-state index >= 15 is 0 Å². The van der Waals surface area contributed by atoms with Crippen LogP contribution in [-0.4, -0.2) is 20.5 Å². The van der Waals surface area contributed by atoms with E-state index in [0.717, 1.165) is 7.11 Å². The summed E-state index contributed by atoms with van der Waals surface area (Å²) >= 11 is 0. The molecule has 0 atom stereocenters. The molecule has 0 aliphatic heterocycles. The molecule has 0 fully saturated rings. The van der Waals surface area contributed by atoms with E-state index in [9.17, 15) is 18.5 Å². The molecule has 0 amide bonds. The van der Waals surface area contributed by atoms with Crippen molar-refractivity contribution in [3.05, 3.63) is 32.9 Å². The molecular weight excluding hydrogens is 246 g/mol. The molecule has 0 spiro atoms. The molecule has 0 aromatic heterocycles. The lowest BCUT2D eigenvalue weighted by molar-refractivity contribution is -0.386. The van der Waals surface area contributed by atoms with Gasteiger partial charge in [-0.2, -0.15) is 8.42 Å². The molecule has 0 aliphatic rings. The van der Waals surface area contributed by atoms with E-state index in [1.54, 1.807) is 13.8 Å². The van der Waals surface area contributed by atoms with Gasteiger partial charge in [-0.3, -0.25) is 14.3 Å². The van der Waals surface area contributed by atoms with Crippen molar-refractivity contribution in [2.24, 2.45) is 0 Å². The van der Waals surface area contributed by atoms with Crippen LogP contribution in [0.4, 0.5) is 5.69 Å². The Morgan fingerprint density at radius 3 is 2.18 bits per heavy atom. The second-order valence-corrected chi connectivity index (χ2v) is 5.34. The van der Waals surface area contributed by atoms with Crippen molar-refractivity contribution in [2.75, 3.05) is 7.11 Å². The molecule has 0 N–H and O–H groups in total. The average molecular weight is 259 g/mol. The first-order chi connectivity index (χ1) is 7.72. The molecule has 1 aromatic carbocycles. The highest BCUT2D eigenvalue weighted by Crippen LogP contribution is 2.32. The van der Waals surface area contributed by atoms with Crippen LogP contribution < -0.4 is 0 Å². The Morgan fingerprint density at radius 2 is 1.76 bits per heavy atom. The van der Waals surface area contributed by atoms with Crippen LogP contribution in [0.2, 0.25) is 0 Å². The average Bonchev–Trinajstić information content (AvgIpc) is 2.15. The molecule has 1 aromatic rings. The lowest BCUT2D eigenvalue weighted by atomic mass is 10.1. The molecule has 6 nitrogen and oxygen atoms in total. The van der Waals surface area contributed by atoms with Crippen LogP contribution in [0.15, 0.2) is 11.0 Å². The van der Waals surface area contributed by atoms with Gasteiger partial charge in [0.05, 0.1) is 12.0 Å². The molecule has 0 heterocycles. The number of nitro groups is 1. The van der Waals surface area contributed by atoms with Crippen LogP contribution in [0, 0.1) is 30.9 Å². The van der Waals surface area contributed by atoms with Gasteiger partial charge in [0.1, 0.15) is 4.90 Å². The first kappa shape index (κ1) is 13.6. The Labute approximate surface area is 99.5 Å². The van der Waals surface area contributed by atoms with Gasteiger partial charge in [0.15, 0.2) is 0 Å². The number of hydrogen-bond donors (Lipinski definition) is 0. The maximum absolute atomic E-state index is 11.7. The predicted octanol–water partition coefficient (Wildman–Crippen LogP) is 1.86. The van der Waals surface area contributed by atoms with Crippen LogP contribution >= 0.6 is 0 Å². The molecule has 0 unspecified atom stereocenters. The zero-order valence-corrected chi connectivity index (χ0v) is 10.8. The van der Waals surface area contributed by atoms with Crippen LogP contribution in [-0.2, 0) is 14.3 Å². The highest BCUT2D eigenvalue weighted by Gasteiger charge is 2.27. The normalized spacial score (nSPS) is 11.5. The van der Waals surface area contributed by atoms with E-state index in [-0.39, 0.29) is 16.1 Å². The van der Waals surface area contributed by atoms with Crippen molar-refractivity contribution < 1.29 is 17.5 Å². The van der Waals surface area contributed by atoms with E-state index in [4.69, 9.17) is 0 Å². The SMILES string of the molecule is COS(=O)(=O)c1c(C)cc(C)c([N+](=O)[O-])c1C. The van der Waals surface area contributed by atoms with E-state index in [1.807, 2.05) is 0 Å². The number of aryl methyl sites for hydroxylation is 2. The first-order valence-corrected chi connectivity index (χ1v) is 6.19. The molecule has 1 rings (SSSR count). The van der Waals surface area contributed by atoms with Crippen LogP contribution in [0.25, 0.3) is 0 Å². The third kappa shape index (κ3) is 2.29. The zero-order valence-electron chi connectivity index (χ0n) is 9.97. The summed E-state index contributed by atoms with van der Waals surface area (Å²) in [6, 6.07) is 1.47. The lowest BCUT2D eigenvalue weighted by Gasteiger charge is -2.11. The van der Waals surface area contributed by atoms with Gasteiger partial charge in [-0.15, -0.1) is 0 Å². The van der Waals surface area contributed by atoms with Crippen molar-refractivity contribution in [1.82, 2.24) is 0 Å². The number of nitro benzene ring substituents is 1. The number of benzene rings is 1. The third-order valence-corrected chi connectivity index (χ3v) is 4.08.